The molecule has 2 unspecified atom stereocenters. The molecule has 1 aliphatic heterocycles. The van der Waals surface area contributed by atoms with Crippen molar-refractivity contribution in [1.82, 2.24) is 10.2 Å². The van der Waals surface area contributed by atoms with E-state index < -0.39 is 18.1 Å². The number of nitrogens with zero attached hydrogens (tertiary/aromatic N) is 1. The SMILES string of the molecule is CC(C)CC(=O)NC(C(=O)N1CC(C(=O)O)O[C@H](C)C1)C(C)C. The van der Waals surface area contributed by atoms with Gasteiger partial charge < -0.3 is 20.1 Å². The summed E-state index contributed by atoms with van der Waals surface area (Å²) in [7, 11) is 0. The van der Waals surface area contributed by atoms with Crippen molar-refractivity contribution in [2.24, 2.45) is 11.8 Å². The normalized spacial score (nSPS) is 23.0. The number of morpholine rings is 1. The zero-order valence-corrected chi connectivity index (χ0v) is 14.5. The average molecular weight is 328 g/mol. The van der Waals surface area contributed by atoms with Gasteiger partial charge in [0.25, 0.3) is 0 Å². The van der Waals surface area contributed by atoms with Crippen LogP contribution in [0.1, 0.15) is 41.0 Å². The predicted molar refractivity (Wildman–Crippen MR) is 84.8 cm³/mol. The molecule has 23 heavy (non-hydrogen) atoms. The first-order valence-corrected chi connectivity index (χ1v) is 8.08. The molecule has 3 atom stereocenters. The Morgan fingerprint density at radius 3 is 2.30 bits per heavy atom. The van der Waals surface area contributed by atoms with Crippen LogP contribution in [0.15, 0.2) is 0 Å². The van der Waals surface area contributed by atoms with Gasteiger partial charge in [0.1, 0.15) is 6.04 Å². The van der Waals surface area contributed by atoms with E-state index in [4.69, 9.17) is 9.84 Å². The van der Waals surface area contributed by atoms with E-state index in [1.807, 2.05) is 27.7 Å². The van der Waals surface area contributed by atoms with E-state index in [2.05, 4.69) is 5.32 Å². The summed E-state index contributed by atoms with van der Waals surface area (Å²) in [4.78, 5) is 37.3. The van der Waals surface area contributed by atoms with Crippen LogP contribution < -0.4 is 5.32 Å². The molecule has 1 fully saturated rings. The predicted octanol–water partition coefficient (Wildman–Crippen LogP) is 0.874. The zero-order valence-electron chi connectivity index (χ0n) is 14.5. The molecule has 0 spiro atoms. The maximum absolute atomic E-state index is 12.7. The van der Waals surface area contributed by atoms with Gasteiger partial charge in [-0.25, -0.2) is 4.79 Å². The highest BCUT2D eigenvalue weighted by Crippen LogP contribution is 2.15. The van der Waals surface area contributed by atoms with E-state index in [1.165, 1.54) is 4.90 Å². The van der Waals surface area contributed by atoms with E-state index in [-0.39, 0.29) is 36.3 Å². The van der Waals surface area contributed by atoms with Gasteiger partial charge in [-0.05, 0) is 18.8 Å². The quantitative estimate of drug-likeness (QED) is 0.754. The molecule has 2 amide bonds. The second-order valence-electron chi connectivity index (χ2n) is 6.90. The maximum atomic E-state index is 12.7. The molecule has 0 bridgehead atoms. The number of amides is 2. The molecule has 1 aliphatic rings. The van der Waals surface area contributed by atoms with Crippen molar-refractivity contribution >= 4 is 17.8 Å². The van der Waals surface area contributed by atoms with Crippen molar-refractivity contribution in [2.75, 3.05) is 13.1 Å². The minimum absolute atomic E-state index is 0.00176. The summed E-state index contributed by atoms with van der Waals surface area (Å²) >= 11 is 0. The molecule has 0 aromatic carbocycles. The Morgan fingerprint density at radius 2 is 1.83 bits per heavy atom. The summed E-state index contributed by atoms with van der Waals surface area (Å²) in [5.41, 5.74) is 0. The summed E-state index contributed by atoms with van der Waals surface area (Å²) in [6.07, 6.45) is -1.02. The molecule has 0 radical (unpaired) electrons. The number of carbonyl (C=O) groups is 3. The molecule has 7 heteroatoms. The molecule has 132 valence electrons. The summed E-state index contributed by atoms with van der Waals surface area (Å²) in [5.74, 6) is -1.38. The maximum Gasteiger partial charge on any atom is 0.334 e. The smallest absolute Gasteiger partial charge is 0.334 e. The molecular weight excluding hydrogens is 300 g/mol. The lowest BCUT2D eigenvalue weighted by Gasteiger charge is -2.37. The van der Waals surface area contributed by atoms with Gasteiger partial charge >= 0.3 is 5.97 Å². The molecule has 0 aromatic heterocycles. The van der Waals surface area contributed by atoms with Crippen LogP contribution in [0, 0.1) is 11.8 Å². The van der Waals surface area contributed by atoms with E-state index in [0.717, 1.165) is 0 Å². The second-order valence-corrected chi connectivity index (χ2v) is 6.90. The lowest BCUT2D eigenvalue weighted by molar-refractivity contribution is -0.167. The van der Waals surface area contributed by atoms with E-state index in [9.17, 15) is 14.4 Å². The molecule has 1 saturated heterocycles. The van der Waals surface area contributed by atoms with E-state index in [1.54, 1.807) is 6.92 Å². The molecular formula is C16H28N2O5. The topological polar surface area (TPSA) is 95.9 Å². The highest BCUT2D eigenvalue weighted by Gasteiger charge is 2.36. The monoisotopic (exact) mass is 328 g/mol. The lowest BCUT2D eigenvalue weighted by Crippen LogP contribution is -2.58. The molecule has 0 aliphatic carbocycles. The fourth-order valence-corrected chi connectivity index (χ4v) is 2.58. The van der Waals surface area contributed by atoms with Crippen LogP contribution in [-0.4, -0.2) is 59.1 Å². The van der Waals surface area contributed by atoms with Crippen molar-refractivity contribution in [3.63, 3.8) is 0 Å². The van der Waals surface area contributed by atoms with Crippen LogP contribution in [0.2, 0.25) is 0 Å². The molecule has 2 N–H and O–H groups in total. The zero-order chi connectivity index (χ0) is 17.7. The van der Waals surface area contributed by atoms with Crippen molar-refractivity contribution < 1.29 is 24.2 Å². The Bertz CT molecular complexity index is 450. The lowest BCUT2D eigenvalue weighted by atomic mass is 10.0. The number of hydrogen-bond donors (Lipinski definition) is 2. The van der Waals surface area contributed by atoms with Gasteiger partial charge in [0.15, 0.2) is 6.10 Å². The second kappa shape index (κ2) is 8.29. The van der Waals surface area contributed by atoms with Gasteiger partial charge in [0.05, 0.1) is 12.6 Å². The summed E-state index contributed by atoms with van der Waals surface area (Å²) in [5, 5.41) is 11.9. The minimum Gasteiger partial charge on any atom is -0.479 e. The molecule has 0 aromatic rings. The van der Waals surface area contributed by atoms with Crippen LogP contribution in [0.4, 0.5) is 0 Å². The number of carboxylic acids is 1. The molecule has 1 rings (SSSR count). The van der Waals surface area contributed by atoms with E-state index >= 15 is 0 Å². The largest absolute Gasteiger partial charge is 0.479 e. The van der Waals surface area contributed by atoms with E-state index in [0.29, 0.717) is 13.0 Å². The van der Waals surface area contributed by atoms with Crippen LogP contribution in [0.25, 0.3) is 0 Å². The van der Waals surface area contributed by atoms with Crippen LogP contribution >= 0.6 is 0 Å². The third kappa shape index (κ3) is 5.82. The molecule has 7 nitrogen and oxygen atoms in total. The minimum atomic E-state index is -1.08. The molecule has 0 saturated carbocycles. The number of aliphatic carboxylic acids is 1. The number of hydrogen-bond acceptors (Lipinski definition) is 4. The first-order valence-electron chi connectivity index (χ1n) is 8.08. The van der Waals surface area contributed by atoms with Gasteiger partial charge in [-0.2, -0.15) is 0 Å². The number of rotatable bonds is 6. The highest BCUT2D eigenvalue weighted by molar-refractivity contribution is 5.88. The van der Waals surface area contributed by atoms with Gasteiger partial charge in [-0.15, -0.1) is 0 Å². The highest BCUT2D eigenvalue weighted by atomic mass is 16.5. The molecule has 1 heterocycles. The van der Waals surface area contributed by atoms with Crippen LogP contribution in [0.5, 0.6) is 0 Å². The van der Waals surface area contributed by atoms with Gasteiger partial charge in [0, 0.05) is 13.0 Å². The van der Waals surface area contributed by atoms with Gasteiger partial charge in [-0.3, -0.25) is 9.59 Å². The first-order chi connectivity index (χ1) is 10.6. The third-order valence-electron chi connectivity index (χ3n) is 3.69. The number of nitrogens with one attached hydrogen (secondary N) is 1. The van der Waals surface area contributed by atoms with Crippen LogP contribution in [0.3, 0.4) is 0 Å². The van der Waals surface area contributed by atoms with Crippen molar-refractivity contribution in [1.29, 1.82) is 0 Å². The summed E-state index contributed by atoms with van der Waals surface area (Å²) in [6.45, 7) is 9.65. The first kappa shape index (κ1) is 19.4. The van der Waals surface area contributed by atoms with Gasteiger partial charge in [-0.1, -0.05) is 27.7 Å². The van der Waals surface area contributed by atoms with Crippen molar-refractivity contribution in [3.05, 3.63) is 0 Å². The fourth-order valence-electron chi connectivity index (χ4n) is 2.58. The Labute approximate surface area is 137 Å². The Morgan fingerprint density at radius 1 is 1.22 bits per heavy atom. The Balaban J connectivity index is 2.80. The standard InChI is InChI=1S/C16H28N2O5/c1-9(2)6-13(19)17-14(10(3)4)15(20)18-7-11(5)23-12(8-18)16(21)22/h9-12,14H,6-8H2,1-5H3,(H,17,19)(H,21,22)/t11-,12?,14?/m1/s1. The summed E-state index contributed by atoms with van der Waals surface area (Å²) in [6, 6.07) is -0.652. The Hall–Kier alpha value is -1.63. The summed E-state index contributed by atoms with van der Waals surface area (Å²) < 4.78 is 5.32. The van der Waals surface area contributed by atoms with Gasteiger partial charge in [0.2, 0.25) is 11.8 Å². The number of ether oxygens (including phenoxy) is 1. The van der Waals surface area contributed by atoms with Crippen molar-refractivity contribution in [2.45, 2.75) is 59.3 Å². The number of carbonyl (C=O) groups excluding carboxylic acids is 2. The third-order valence-corrected chi connectivity index (χ3v) is 3.69. The average Bonchev–Trinajstić information content (AvgIpc) is 2.42. The van der Waals surface area contributed by atoms with Crippen molar-refractivity contribution in [3.8, 4) is 0 Å². The Kier molecular flexibility index (Phi) is 7.00. The van der Waals surface area contributed by atoms with Crippen LogP contribution in [-0.2, 0) is 19.1 Å². The number of carboxylic acid groups (broad SMARTS) is 1. The fraction of sp³-hybridized carbons (Fsp3) is 0.812.